The van der Waals surface area contributed by atoms with Gasteiger partial charge in [-0.2, -0.15) is 11.8 Å². The standard InChI is InChI=1S/C25H21NO4S/c1-31-16-15-22(26-23(27)20-9-5-6-10-21(20)24(26)28)25(29)30-19-13-11-18(12-14-19)17-7-3-2-4-8-17/h2-14,22H,15-16H2,1H3. The minimum Gasteiger partial charge on any atom is -0.425 e. The maximum atomic E-state index is 13.0. The van der Waals surface area contributed by atoms with Crippen LogP contribution in [0.2, 0.25) is 0 Å². The van der Waals surface area contributed by atoms with E-state index in [0.29, 0.717) is 29.1 Å². The van der Waals surface area contributed by atoms with Crippen LogP contribution in [0.1, 0.15) is 27.1 Å². The number of benzene rings is 3. The molecule has 156 valence electrons. The number of rotatable bonds is 7. The molecule has 3 aromatic rings. The fourth-order valence-electron chi connectivity index (χ4n) is 3.60. The van der Waals surface area contributed by atoms with Crippen LogP contribution < -0.4 is 4.74 Å². The monoisotopic (exact) mass is 431 g/mol. The van der Waals surface area contributed by atoms with Crippen LogP contribution in [-0.4, -0.2) is 40.7 Å². The molecule has 0 fully saturated rings. The van der Waals surface area contributed by atoms with Crippen molar-refractivity contribution in [3.8, 4) is 16.9 Å². The molecule has 0 N–H and O–H groups in total. The Morgan fingerprint density at radius 3 is 1.97 bits per heavy atom. The molecule has 31 heavy (non-hydrogen) atoms. The first-order valence-corrected chi connectivity index (χ1v) is 11.3. The van der Waals surface area contributed by atoms with Crippen molar-refractivity contribution in [2.45, 2.75) is 12.5 Å². The first-order chi connectivity index (χ1) is 15.1. The van der Waals surface area contributed by atoms with E-state index in [0.717, 1.165) is 16.0 Å². The first kappa shape index (κ1) is 20.9. The van der Waals surface area contributed by atoms with Crippen LogP contribution in [0, 0.1) is 0 Å². The third kappa shape index (κ3) is 4.25. The van der Waals surface area contributed by atoms with Gasteiger partial charge in [-0.1, -0.05) is 54.6 Å². The summed E-state index contributed by atoms with van der Waals surface area (Å²) in [4.78, 5) is 39.8. The van der Waals surface area contributed by atoms with E-state index in [1.165, 1.54) is 0 Å². The lowest BCUT2D eigenvalue weighted by Gasteiger charge is -2.24. The van der Waals surface area contributed by atoms with Crippen LogP contribution in [0.15, 0.2) is 78.9 Å². The second kappa shape index (κ2) is 9.18. The molecule has 1 atom stereocenters. The Morgan fingerprint density at radius 1 is 0.839 bits per heavy atom. The topological polar surface area (TPSA) is 63.7 Å². The third-order valence-corrected chi connectivity index (χ3v) is 5.83. The Morgan fingerprint density at radius 2 is 1.39 bits per heavy atom. The van der Waals surface area contributed by atoms with Gasteiger partial charge in [0.1, 0.15) is 11.8 Å². The van der Waals surface area contributed by atoms with E-state index in [1.807, 2.05) is 48.7 Å². The van der Waals surface area contributed by atoms with E-state index in [2.05, 4.69) is 0 Å². The summed E-state index contributed by atoms with van der Waals surface area (Å²) in [6.07, 6.45) is 2.24. The molecule has 0 spiro atoms. The Bertz CT molecular complexity index is 1080. The van der Waals surface area contributed by atoms with Gasteiger partial charge in [0.2, 0.25) is 0 Å². The molecule has 0 bridgehead atoms. The molecule has 6 heteroatoms. The zero-order chi connectivity index (χ0) is 21.8. The lowest BCUT2D eigenvalue weighted by molar-refractivity contribution is -0.138. The number of hydrogen-bond donors (Lipinski definition) is 0. The van der Waals surface area contributed by atoms with Gasteiger partial charge in [0, 0.05) is 0 Å². The molecule has 3 aromatic carbocycles. The lowest BCUT2D eigenvalue weighted by Crippen LogP contribution is -2.47. The van der Waals surface area contributed by atoms with Gasteiger partial charge in [-0.25, -0.2) is 4.79 Å². The van der Waals surface area contributed by atoms with Crippen LogP contribution in [-0.2, 0) is 4.79 Å². The Kier molecular flexibility index (Phi) is 6.18. The van der Waals surface area contributed by atoms with E-state index >= 15 is 0 Å². The number of carbonyl (C=O) groups excluding carboxylic acids is 3. The zero-order valence-corrected chi connectivity index (χ0v) is 17.8. The quantitative estimate of drug-likeness (QED) is 0.309. The normalized spacial score (nSPS) is 13.8. The van der Waals surface area contributed by atoms with Crippen molar-refractivity contribution >= 4 is 29.5 Å². The molecule has 4 rings (SSSR count). The number of amides is 2. The SMILES string of the molecule is CSCCC(C(=O)Oc1ccc(-c2ccccc2)cc1)N1C(=O)c2ccccc2C1=O. The van der Waals surface area contributed by atoms with E-state index in [9.17, 15) is 14.4 Å². The predicted molar refractivity (Wildman–Crippen MR) is 121 cm³/mol. The van der Waals surface area contributed by atoms with Gasteiger partial charge in [-0.15, -0.1) is 0 Å². The molecule has 2 amide bonds. The van der Waals surface area contributed by atoms with E-state index in [4.69, 9.17) is 4.74 Å². The number of esters is 1. The van der Waals surface area contributed by atoms with E-state index in [-0.39, 0.29) is 0 Å². The lowest BCUT2D eigenvalue weighted by atomic mass is 10.1. The molecule has 0 saturated heterocycles. The maximum Gasteiger partial charge on any atom is 0.334 e. The smallest absolute Gasteiger partial charge is 0.334 e. The number of carbonyl (C=O) groups is 3. The van der Waals surface area contributed by atoms with Crippen LogP contribution in [0.25, 0.3) is 11.1 Å². The molecule has 0 saturated carbocycles. The second-order valence-electron chi connectivity index (χ2n) is 7.13. The van der Waals surface area contributed by atoms with Gasteiger partial charge < -0.3 is 4.74 Å². The fraction of sp³-hybridized carbons (Fsp3) is 0.160. The largest absolute Gasteiger partial charge is 0.425 e. The summed E-state index contributed by atoms with van der Waals surface area (Å²) in [5.74, 6) is -0.544. The number of hydrogen-bond acceptors (Lipinski definition) is 5. The number of nitrogens with zero attached hydrogens (tertiary/aromatic N) is 1. The van der Waals surface area contributed by atoms with Crippen LogP contribution >= 0.6 is 11.8 Å². The average molecular weight is 432 g/mol. The van der Waals surface area contributed by atoms with Gasteiger partial charge in [-0.3, -0.25) is 14.5 Å². The number of ether oxygens (including phenoxy) is 1. The van der Waals surface area contributed by atoms with Gasteiger partial charge in [0.05, 0.1) is 11.1 Å². The Hall–Kier alpha value is -3.38. The minimum absolute atomic E-state index is 0.321. The van der Waals surface area contributed by atoms with Gasteiger partial charge in [-0.05, 0) is 53.8 Å². The molecule has 1 aliphatic heterocycles. The van der Waals surface area contributed by atoms with Gasteiger partial charge >= 0.3 is 5.97 Å². The van der Waals surface area contributed by atoms with Crippen LogP contribution in [0.5, 0.6) is 5.75 Å². The molecule has 1 aliphatic rings. The summed E-state index contributed by atoms with van der Waals surface area (Å²) in [6, 6.07) is 22.7. The highest BCUT2D eigenvalue weighted by Gasteiger charge is 2.43. The summed E-state index contributed by atoms with van der Waals surface area (Å²) in [6.45, 7) is 0. The number of thioether (sulfide) groups is 1. The van der Waals surface area contributed by atoms with Crippen LogP contribution in [0.3, 0.4) is 0 Å². The van der Waals surface area contributed by atoms with Crippen molar-refractivity contribution in [1.82, 2.24) is 4.90 Å². The zero-order valence-electron chi connectivity index (χ0n) is 17.0. The summed E-state index contributed by atoms with van der Waals surface area (Å²) < 4.78 is 5.58. The van der Waals surface area contributed by atoms with Gasteiger partial charge in [0.15, 0.2) is 0 Å². The van der Waals surface area contributed by atoms with Crippen molar-refractivity contribution in [2.75, 3.05) is 12.0 Å². The molecule has 0 aromatic heterocycles. The molecule has 1 unspecified atom stereocenters. The van der Waals surface area contributed by atoms with Crippen molar-refractivity contribution in [3.63, 3.8) is 0 Å². The minimum atomic E-state index is -0.978. The molecular formula is C25H21NO4S. The number of fused-ring (bicyclic) bond motifs is 1. The Balaban J connectivity index is 1.54. The summed E-state index contributed by atoms with van der Waals surface area (Å²) in [7, 11) is 0. The average Bonchev–Trinajstić information content (AvgIpc) is 3.06. The highest BCUT2D eigenvalue weighted by molar-refractivity contribution is 7.98. The number of imide groups is 1. The maximum absolute atomic E-state index is 13.0. The summed E-state index contributed by atoms with van der Waals surface area (Å²) >= 11 is 1.54. The van der Waals surface area contributed by atoms with Crippen molar-refractivity contribution < 1.29 is 19.1 Å². The predicted octanol–water partition coefficient (Wildman–Crippen LogP) is 4.68. The third-order valence-electron chi connectivity index (χ3n) is 5.18. The fourth-order valence-corrected chi connectivity index (χ4v) is 4.06. The molecule has 0 aliphatic carbocycles. The van der Waals surface area contributed by atoms with E-state index < -0.39 is 23.8 Å². The Labute approximate surface area is 185 Å². The molecule has 1 heterocycles. The van der Waals surface area contributed by atoms with E-state index in [1.54, 1.807) is 48.2 Å². The van der Waals surface area contributed by atoms with Crippen LogP contribution in [0.4, 0.5) is 0 Å². The second-order valence-corrected chi connectivity index (χ2v) is 8.12. The van der Waals surface area contributed by atoms with Crippen molar-refractivity contribution in [2.24, 2.45) is 0 Å². The first-order valence-electron chi connectivity index (χ1n) is 9.93. The highest BCUT2D eigenvalue weighted by Crippen LogP contribution is 2.28. The summed E-state index contributed by atoms with van der Waals surface area (Å²) in [5, 5.41) is 0. The highest BCUT2D eigenvalue weighted by atomic mass is 32.2. The van der Waals surface area contributed by atoms with Crippen molar-refractivity contribution in [1.29, 1.82) is 0 Å². The molecular weight excluding hydrogens is 410 g/mol. The van der Waals surface area contributed by atoms with Gasteiger partial charge in [0.25, 0.3) is 11.8 Å². The molecule has 5 nitrogen and oxygen atoms in total. The molecule has 0 radical (unpaired) electrons. The van der Waals surface area contributed by atoms with Crippen molar-refractivity contribution in [3.05, 3.63) is 90.0 Å². The summed E-state index contributed by atoms with van der Waals surface area (Å²) in [5.41, 5.74) is 2.70.